The van der Waals surface area contributed by atoms with E-state index < -0.39 is 0 Å². The number of pyridine rings is 1. The zero-order chi connectivity index (χ0) is 11.0. The SMILES string of the molecule is Cc1ccc2c(c1)C(c1ccccn1)C=C2. The van der Waals surface area contributed by atoms with Crippen LogP contribution in [0.15, 0.2) is 48.7 Å². The Hall–Kier alpha value is -1.89. The fraction of sp³-hybridized carbons (Fsp3) is 0.133. The van der Waals surface area contributed by atoms with Crippen molar-refractivity contribution in [2.45, 2.75) is 12.8 Å². The molecule has 1 aromatic heterocycles. The summed E-state index contributed by atoms with van der Waals surface area (Å²) in [7, 11) is 0. The van der Waals surface area contributed by atoms with Gasteiger partial charge in [-0.25, -0.2) is 0 Å². The molecule has 1 unspecified atom stereocenters. The predicted molar refractivity (Wildman–Crippen MR) is 66.3 cm³/mol. The van der Waals surface area contributed by atoms with Crippen molar-refractivity contribution < 1.29 is 0 Å². The topological polar surface area (TPSA) is 12.9 Å². The van der Waals surface area contributed by atoms with Crippen molar-refractivity contribution in [1.29, 1.82) is 0 Å². The van der Waals surface area contributed by atoms with Crippen molar-refractivity contribution in [3.8, 4) is 0 Å². The Morgan fingerprint density at radius 3 is 2.88 bits per heavy atom. The zero-order valence-corrected chi connectivity index (χ0v) is 9.22. The van der Waals surface area contributed by atoms with Crippen molar-refractivity contribution in [1.82, 2.24) is 4.98 Å². The first-order valence-corrected chi connectivity index (χ1v) is 5.54. The van der Waals surface area contributed by atoms with Gasteiger partial charge in [0.05, 0.1) is 5.69 Å². The molecule has 0 fully saturated rings. The van der Waals surface area contributed by atoms with Gasteiger partial charge < -0.3 is 0 Å². The van der Waals surface area contributed by atoms with Crippen molar-refractivity contribution in [3.05, 3.63) is 71.1 Å². The van der Waals surface area contributed by atoms with Crippen LogP contribution in [0.4, 0.5) is 0 Å². The van der Waals surface area contributed by atoms with Crippen LogP contribution < -0.4 is 0 Å². The average Bonchev–Trinajstić information content (AvgIpc) is 2.73. The summed E-state index contributed by atoms with van der Waals surface area (Å²) in [6.07, 6.45) is 6.28. The van der Waals surface area contributed by atoms with Gasteiger partial charge in [-0.1, -0.05) is 42.0 Å². The van der Waals surface area contributed by atoms with Gasteiger partial charge in [-0.15, -0.1) is 0 Å². The lowest BCUT2D eigenvalue weighted by Crippen LogP contribution is -1.98. The van der Waals surface area contributed by atoms with E-state index in [1.54, 1.807) is 0 Å². The second-order valence-corrected chi connectivity index (χ2v) is 4.22. The molecule has 1 atom stereocenters. The van der Waals surface area contributed by atoms with Crippen LogP contribution in [0.1, 0.15) is 28.3 Å². The lowest BCUT2D eigenvalue weighted by atomic mass is 9.95. The van der Waals surface area contributed by atoms with E-state index in [1.807, 2.05) is 18.3 Å². The molecule has 1 aliphatic rings. The number of benzene rings is 1. The molecule has 1 aromatic carbocycles. The smallest absolute Gasteiger partial charge is 0.0516 e. The summed E-state index contributed by atoms with van der Waals surface area (Å²) in [6.45, 7) is 2.13. The summed E-state index contributed by atoms with van der Waals surface area (Å²) in [6, 6.07) is 12.7. The highest BCUT2D eigenvalue weighted by molar-refractivity contribution is 5.65. The lowest BCUT2D eigenvalue weighted by Gasteiger charge is -2.10. The number of hydrogen-bond acceptors (Lipinski definition) is 1. The van der Waals surface area contributed by atoms with Crippen LogP contribution in [-0.2, 0) is 0 Å². The summed E-state index contributed by atoms with van der Waals surface area (Å²) in [5, 5.41) is 0. The van der Waals surface area contributed by atoms with E-state index in [-0.39, 0.29) is 0 Å². The molecule has 0 aliphatic heterocycles. The molecule has 3 rings (SSSR count). The summed E-state index contributed by atoms with van der Waals surface area (Å²) in [5.41, 5.74) is 5.13. The minimum absolute atomic E-state index is 0.330. The largest absolute Gasteiger partial charge is 0.260 e. The van der Waals surface area contributed by atoms with E-state index in [4.69, 9.17) is 0 Å². The number of fused-ring (bicyclic) bond motifs is 1. The molecule has 0 radical (unpaired) electrons. The average molecular weight is 207 g/mol. The molecule has 1 heterocycles. The van der Waals surface area contributed by atoms with Gasteiger partial charge >= 0.3 is 0 Å². The molecule has 0 amide bonds. The van der Waals surface area contributed by atoms with Gasteiger partial charge in [-0.3, -0.25) is 4.98 Å². The van der Waals surface area contributed by atoms with Gasteiger partial charge in [0.2, 0.25) is 0 Å². The highest BCUT2D eigenvalue weighted by Gasteiger charge is 2.19. The van der Waals surface area contributed by atoms with Crippen molar-refractivity contribution in [2.24, 2.45) is 0 Å². The van der Waals surface area contributed by atoms with Crippen LogP contribution in [-0.4, -0.2) is 4.98 Å². The molecule has 0 saturated carbocycles. The number of aryl methyl sites for hydroxylation is 1. The molecule has 0 bridgehead atoms. The molecular formula is C15H13N. The van der Waals surface area contributed by atoms with Crippen LogP contribution in [0.25, 0.3) is 6.08 Å². The minimum Gasteiger partial charge on any atom is -0.260 e. The van der Waals surface area contributed by atoms with E-state index in [2.05, 4.69) is 48.3 Å². The van der Waals surface area contributed by atoms with Crippen LogP contribution in [0.2, 0.25) is 0 Å². The number of nitrogens with zero attached hydrogens (tertiary/aromatic N) is 1. The summed E-state index contributed by atoms with van der Waals surface area (Å²) in [4.78, 5) is 4.44. The maximum Gasteiger partial charge on any atom is 0.0516 e. The fourth-order valence-electron chi connectivity index (χ4n) is 2.24. The summed E-state index contributed by atoms with van der Waals surface area (Å²) < 4.78 is 0. The molecule has 16 heavy (non-hydrogen) atoms. The van der Waals surface area contributed by atoms with Gasteiger partial charge in [0.15, 0.2) is 0 Å². The standard InChI is InChI=1S/C15H13N/c1-11-5-6-12-7-8-13(14(12)10-11)15-4-2-3-9-16-15/h2-10,13H,1H3. The summed E-state index contributed by atoms with van der Waals surface area (Å²) >= 11 is 0. The van der Waals surface area contributed by atoms with E-state index >= 15 is 0 Å². The first-order chi connectivity index (χ1) is 7.84. The third-order valence-corrected chi connectivity index (χ3v) is 3.05. The van der Waals surface area contributed by atoms with Gasteiger partial charge in [-0.2, -0.15) is 0 Å². The number of aromatic nitrogens is 1. The second kappa shape index (κ2) is 3.60. The van der Waals surface area contributed by atoms with Crippen LogP contribution in [0.3, 0.4) is 0 Å². The van der Waals surface area contributed by atoms with E-state index in [0.717, 1.165) is 5.69 Å². The Morgan fingerprint density at radius 1 is 1.12 bits per heavy atom. The Labute approximate surface area is 95.5 Å². The van der Waals surface area contributed by atoms with E-state index in [9.17, 15) is 0 Å². The van der Waals surface area contributed by atoms with Gasteiger partial charge in [-0.05, 0) is 30.2 Å². The third-order valence-electron chi connectivity index (χ3n) is 3.05. The van der Waals surface area contributed by atoms with Crippen molar-refractivity contribution >= 4 is 6.08 Å². The Bertz CT molecular complexity index is 541. The van der Waals surface area contributed by atoms with E-state index in [0.29, 0.717) is 5.92 Å². The maximum absolute atomic E-state index is 4.44. The Morgan fingerprint density at radius 2 is 2.06 bits per heavy atom. The maximum atomic E-state index is 4.44. The molecule has 0 saturated heterocycles. The predicted octanol–water partition coefficient (Wildman–Crippen LogP) is 3.55. The highest BCUT2D eigenvalue weighted by atomic mass is 14.7. The zero-order valence-electron chi connectivity index (χ0n) is 9.22. The first kappa shape index (κ1) is 9.34. The first-order valence-electron chi connectivity index (χ1n) is 5.54. The molecule has 2 aromatic rings. The lowest BCUT2D eigenvalue weighted by molar-refractivity contribution is 0.969. The van der Waals surface area contributed by atoms with Gasteiger partial charge in [0.1, 0.15) is 0 Å². The summed E-state index contributed by atoms with van der Waals surface area (Å²) in [5.74, 6) is 0.330. The van der Waals surface area contributed by atoms with Crippen LogP contribution in [0.5, 0.6) is 0 Å². The Kier molecular flexibility index (Phi) is 2.10. The Balaban J connectivity index is 2.09. The molecule has 78 valence electrons. The number of rotatable bonds is 1. The van der Waals surface area contributed by atoms with Gasteiger partial charge in [0.25, 0.3) is 0 Å². The monoisotopic (exact) mass is 207 g/mol. The number of allylic oxidation sites excluding steroid dienone is 1. The second-order valence-electron chi connectivity index (χ2n) is 4.22. The molecule has 1 heteroatoms. The van der Waals surface area contributed by atoms with E-state index in [1.165, 1.54) is 16.7 Å². The molecular weight excluding hydrogens is 194 g/mol. The van der Waals surface area contributed by atoms with Crippen LogP contribution in [0, 0.1) is 6.92 Å². The van der Waals surface area contributed by atoms with Crippen LogP contribution >= 0.6 is 0 Å². The van der Waals surface area contributed by atoms with Crippen molar-refractivity contribution in [3.63, 3.8) is 0 Å². The van der Waals surface area contributed by atoms with Gasteiger partial charge in [0, 0.05) is 12.1 Å². The normalized spacial score (nSPS) is 17.4. The number of hydrogen-bond donors (Lipinski definition) is 0. The molecule has 1 nitrogen and oxygen atoms in total. The molecule has 0 N–H and O–H groups in total. The fourth-order valence-corrected chi connectivity index (χ4v) is 2.24. The van der Waals surface area contributed by atoms with Crippen molar-refractivity contribution in [2.75, 3.05) is 0 Å². The minimum atomic E-state index is 0.330. The quantitative estimate of drug-likeness (QED) is 0.697. The molecule has 1 aliphatic carbocycles. The molecule has 0 spiro atoms. The highest BCUT2D eigenvalue weighted by Crippen LogP contribution is 2.34. The third kappa shape index (κ3) is 1.45.